The van der Waals surface area contributed by atoms with Crippen LogP contribution in [0.1, 0.15) is 28.4 Å². The fourth-order valence-corrected chi connectivity index (χ4v) is 4.04. The van der Waals surface area contributed by atoms with Crippen LogP contribution in [0.3, 0.4) is 0 Å². The van der Waals surface area contributed by atoms with E-state index in [1.807, 2.05) is 37.6 Å². The van der Waals surface area contributed by atoms with Crippen LogP contribution in [0.25, 0.3) is 5.69 Å². The maximum absolute atomic E-state index is 14.0. The van der Waals surface area contributed by atoms with Crippen LogP contribution in [-0.2, 0) is 13.0 Å². The number of aromatic nitrogens is 3. The van der Waals surface area contributed by atoms with E-state index in [2.05, 4.69) is 15.2 Å². The molecule has 1 N–H and O–H groups in total. The number of nitrogens with zero attached hydrogens (tertiary/aromatic N) is 4. The van der Waals surface area contributed by atoms with Gasteiger partial charge in [-0.15, -0.1) is 0 Å². The molecule has 0 bridgehead atoms. The second-order valence-electron chi connectivity index (χ2n) is 7.77. The van der Waals surface area contributed by atoms with Gasteiger partial charge in [0, 0.05) is 43.7 Å². The maximum atomic E-state index is 14.0. The zero-order chi connectivity index (χ0) is 19.8. The van der Waals surface area contributed by atoms with Gasteiger partial charge in [0.25, 0.3) is 0 Å². The van der Waals surface area contributed by atoms with Gasteiger partial charge >= 0.3 is 0 Å². The van der Waals surface area contributed by atoms with E-state index in [0.29, 0.717) is 26.1 Å². The molecule has 28 heavy (non-hydrogen) atoms. The summed E-state index contributed by atoms with van der Waals surface area (Å²) in [5, 5.41) is 19.0. The molecule has 0 radical (unpaired) electrons. The van der Waals surface area contributed by atoms with Crippen molar-refractivity contribution < 1.29 is 14.0 Å². The number of likely N-dealkylation sites (tertiary alicyclic amines) is 1. The second kappa shape index (κ2) is 7.48. The Morgan fingerprint density at radius 2 is 1.96 bits per heavy atom. The van der Waals surface area contributed by atoms with E-state index in [4.69, 9.17) is 4.52 Å². The summed E-state index contributed by atoms with van der Waals surface area (Å²) in [5.74, 6) is 0.587. The first kappa shape index (κ1) is 18.8. The lowest BCUT2D eigenvalue weighted by atomic mass is 10.0. The molecular weight excluding hydrogens is 359 g/mol. The predicted molar refractivity (Wildman–Crippen MR) is 103 cm³/mol. The molecule has 1 aromatic carbocycles. The van der Waals surface area contributed by atoms with Crippen molar-refractivity contribution in [3.05, 3.63) is 64.6 Å². The van der Waals surface area contributed by atoms with E-state index in [-0.39, 0.29) is 11.7 Å². The van der Waals surface area contributed by atoms with Crippen LogP contribution in [0.15, 0.2) is 34.9 Å². The largest absolute Gasteiger partial charge is 0.391 e. The standard InChI is InChI=1S/C21H25FN4O2/c1-13-6-15(3)26(23-13)20-5-4-18(22)8-16(20)10-25-11-17(21(27)12-25)9-19-7-14(2)24-28-19/h4-8,17,21,27H,9-12H2,1-3H3/t17-,21+/m1/s1. The maximum Gasteiger partial charge on any atom is 0.137 e. The fourth-order valence-electron chi connectivity index (χ4n) is 4.04. The Kier molecular flexibility index (Phi) is 5.03. The lowest BCUT2D eigenvalue weighted by molar-refractivity contribution is 0.137. The van der Waals surface area contributed by atoms with Gasteiger partial charge in [0.05, 0.1) is 23.2 Å². The van der Waals surface area contributed by atoms with Crippen molar-refractivity contribution in [2.45, 2.75) is 39.8 Å². The highest BCUT2D eigenvalue weighted by molar-refractivity contribution is 5.42. The van der Waals surface area contributed by atoms with Gasteiger partial charge in [0.1, 0.15) is 11.6 Å². The van der Waals surface area contributed by atoms with E-state index < -0.39 is 6.10 Å². The Morgan fingerprint density at radius 1 is 1.14 bits per heavy atom. The first-order valence-electron chi connectivity index (χ1n) is 9.53. The summed E-state index contributed by atoms with van der Waals surface area (Å²) in [6, 6.07) is 8.70. The topological polar surface area (TPSA) is 67.3 Å². The molecule has 0 saturated carbocycles. The summed E-state index contributed by atoms with van der Waals surface area (Å²) in [4.78, 5) is 2.16. The van der Waals surface area contributed by atoms with Crippen LogP contribution in [0.5, 0.6) is 0 Å². The Bertz CT molecular complexity index is 981. The number of hydrogen-bond acceptors (Lipinski definition) is 5. The monoisotopic (exact) mass is 384 g/mol. The van der Waals surface area contributed by atoms with Crippen molar-refractivity contribution in [2.75, 3.05) is 13.1 Å². The Morgan fingerprint density at radius 3 is 2.64 bits per heavy atom. The highest BCUT2D eigenvalue weighted by Gasteiger charge is 2.32. The summed E-state index contributed by atoms with van der Waals surface area (Å²) >= 11 is 0. The molecule has 1 fully saturated rings. The molecule has 1 aliphatic rings. The molecule has 4 rings (SSSR count). The van der Waals surface area contributed by atoms with E-state index in [9.17, 15) is 9.50 Å². The summed E-state index contributed by atoms with van der Waals surface area (Å²) in [6.45, 7) is 7.63. The molecule has 0 unspecified atom stereocenters. The Labute approximate surface area is 163 Å². The first-order valence-corrected chi connectivity index (χ1v) is 9.53. The average Bonchev–Trinajstić information content (AvgIpc) is 3.28. The highest BCUT2D eigenvalue weighted by Crippen LogP contribution is 2.26. The van der Waals surface area contributed by atoms with E-state index in [0.717, 1.165) is 34.1 Å². The lowest BCUT2D eigenvalue weighted by Gasteiger charge is -2.19. The number of halogens is 1. The van der Waals surface area contributed by atoms with Gasteiger partial charge in [0.2, 0.25) is 0 Å². The SMILES string of the molecule is Cc1cc(C[C@@H]2CN(Cc3cc(F)ccc3-n3nc(C)cc3C)C[C@@H]2O)on1. The molecule has 7 heteroatoms. The number of aliphatic hydroxyl groups excluding tert-OH is 1. The zero-order valence-electron chi connectivity index (χ0n) is 16.4. The smallest absolute Gasteiger partial charge is 0.137 e. The van der Waals surface area contributed by atoms with Crippen molar-refractivity contribution in [1.29, 1.82) is 0 Å². The summed E-state index contributed by atoms with van der Waals surface area (Å²) in [7, 11) is 0. The Balaban J connectivity index is 1.53. The van der Waals surface area contributed by atoms with Gasteiger partial charge in [-0.05, 0) is 50.6 Å². The third kappa shape index (κ3) is 3.86. The molecule has 0 amide bonds. The molecule has 2 atom stereocenters. The van der Waals surface area contributed by atoms with E-state index in [1.165, 1.54) is 6.07 Å². The molecule has 1 saturated heterocycles. The second-order valence-corrected chi connectivity index (χ2v) is 7.77. The minimum Gasteiger partial charge on any atom is -0.391 e. The predicted octanol–water partition coefficient (Wildman–Crippen LogP) is 2.96. The van der Waals surface area contributed by atoms with Gasteiger partial charge < -0.3 is 9.63 Å². The summed E-state index contributed by atoms with van der Waals surface area (Å²) in [5.41, 5.74) is 4.50. The van der Waals surface area contributed by atoms with Crippen molar-refractivity contribution in [1.82, 2.24) is 19.8 Å². The van der Waals surface area contributed by atoms with Gasteiger partial charge in [-0.2, -0.15) is 5.10 Å². The molecule has 1 aliphatic heterocycles. The zero-order valence-corrected chi connectivity index (χ0v) is 16.4. The summed E-state index contributed by atoms with van der Waals surface area (Å²) < 4.78 is 21.1. The molecular formula is C21H25FN4O2. The number of aliphatic hydroxyl groups is 1. The molecule has 0 aliphatic carbocycles. The van der Waals surface area contributed by atoms with E-state index >= 15 is 0 Å². The first-order chi connectivity index (χ1) is 13.4. The fraction of sp³-hybridized carbons (Fsp3) is 0.429. The van der Waals surface area contributed by atoms with Gasteiger partial charge in [-0.1, -0.05) is 5.16 Å². The number of β-amino-alcohol motifs (C(OH)–C–C–N with tert-alkyl or cyclic N) is 1. The average molecular weight is 384 g/mol. The minimum absolute atomic E-state index is 0.0676. The summed E-state index contributed by atoms with van der Waals surface area (Å²) in [6.07, 6.45) is 0.197. The van der Waals surface area contributed by atoms with Crippen LogP contribution in [0.4, 0.5) is 4.39 Å². The van der Waals surface area contributed by atoms with Crippen molar-refractivity contribution in [3.63, 3.8) is 0 Å². The van der Waals surface area contributed by atoms with Crippen LogP contribution >= 0.6 is 0 Å². The number of benzene rings is 1. The van der Waals surface area contributed by atoms with Gasteiger partial charge in [0.15, 0.2) is 0 Å². The third-order valence-corrected chi connectivity index (χ3v) is 5.30. The van der Waals surface area contributed by atoms with Gasteiger partial charge in [-0.25, -0.2) is 9.07 Å². The van der Waals surface area contributed by atoms with Crippen LogP contribution < -0.4 is 0 Å². The molecule has 3 aromatic rings. The van der Waals surface area contributed by atoms with Crippen molar-refractivity contribution >= 4 is 0 Å². The minimum atomic E-state index is -0.448. The molecule has 0 spiro atoms. The van der Waals surface area contributed by atoms with Crippen LogP contribution in [-0.4, -0.2) is 44.1 Å². The quantitative estimate of drug-likeness (QED) is 0.733. The van der Waals surface area contributed by atoms with Gasteiger partial charge in [-0.3, -0.25) is 4.90 Å². The molecule has 3 heterocycles. The molecule has 6 nitrogen and oxygen atoms in total. The molecule has 2 aromatic heterocycles. The van der Waals surface area contributed by atoms with Crippen molar-refractivity contribution in [2.24, 2.45) is 5.92 Å². The normalized spacial score (nSPS) is 20.2. The van der Waals surface area contributed by atoms with Crippen molar-refractivity contribution in [3.8, 4) is 5.69 Å². The van der Waals surface area contributed by atoms with E-state index in [1.54, 1.807) is 12.1 Å². The third-order valence-electron chi connectivity index (χ3n) is 5.30. The van der Waals surface area contributed by atoms with Crippen LogP contribution in [0, 0.1) is 32.5 Å². The van der Waals surface area contributed by atoms with Crippen LogP contribution in [0.2, 0.25) is 0 Å². The number of rotatable bonds is 5. The molecule has 148 valence electrons. The lowest BCUT2D eigenvalue weighted by Crippen LogP contribution is -2.22. The number of aryl methyl sites for hydroxylation is 3. The number of hydrogen-bond donors (Lipinski definition) is 1. The Hall–Kier alpha value is -2.51. The highest BCUT2D eigenvalue weighted by atomic mass is 19.1.